The summed E-state index contributed by atoms with van der Waals surface area (Å²) in [5, 5.41) is 8.82. The summed E-state index contributed by atoms with van der Waals surface area (Å²) < 4.78 is 2.07. The largest absolute Gasteiger partial charge is 0.345 e. The first-order valence-electron chi connectivity index (χ1n) is 12.0. The lowest BCUT2D eigenvalue weighted by atomic mass is 9.92. The van der Waals surface area contributed by atoms with Crippen molar-refractivity contribution in [3.8, 4) is 11.3 Å². The Morgan fingerprint density at radius 1 is 1.00 bits per heavy atom. The van der Waals surface area contributed by atoms with E-state index < -0.39 is 0 Å². The zero-order valence-corrected chi connectivity index (χ0v) is 19.3. The van der Waals surface area contributed by atoms with Crippen LogP contribution in [0, 0.1) is 0 Å². The molecule has 5 aromatic rings. The molecule has 172 valence electrons. The highest BCUT2D eigenvalue weighted by molar-refractivity contribution is 6.07. The SMILES string of the molecule is O=C(NC1CCCc2c1cnn2Cc1ccccc1)c1cc(-c2cccnc2)nc2ccccc12. The Bertz CT molecular complexity index is 1490. The summed E-state index contributed by atoms with van der Waals surface area (Å²) in [5.41, 5.74) is 6.58. The number of hydrogen-bond donors (Lipinski definition) is 1. The van der Waals surface area contributed by atoms with Gasteiger partial charge in [0.25, 0.3) is 5.91 Å². The van der Waals surface area contributed by atoms with E-state index in [-0.39, 0.29) is 11.9 Å². The number of carbonyl (C=O) groups excluding carboxylic acids is 1. The van der Waals surface area contributed by atoms with Gasteiger partial charge in [-0.1, -0.05) is 48.5 Å². The predicted molar refractivity (Wildman–Crippen MR) is 136 cm³/mol. The summed E-state index contributed by atoms with van der Waals surface area (Å²) in [4.78, 5) is 22.6. The fraction of sp³-hybridized carbons (Fsp3) is 0.172. The number of nitrogens with zero attached hydrogens (tertiary/aromatic N) is 4. The smallest absolute Gasteiger partial charge is 0.252 e. The van der Waals surface area contributed by atoms with Crippen LogP contribution in [-0.2, 0) is 13.0 Å². The Kier molecular flexibility index (Phi) is 5.54. The minimum Gasteiger partial charge on any atom is -0.345 e. The van der Waals surface area contributed by atoms with Gasteiger partial charge in [-0.2, -0.15) is 5.10 Å². The Morgan fingerprint density at radius 3 is 2.71 bits per heavy atom. The number of hydrogen-bond acceptors (Lipinski definition) is 4. The van der Waals surface area contributed by atoms with Crippen molar-refractivity contribution in [2.45, 2.75) is 31.8 Å². The molecule has 0 fully saturated rings. The molecule has 2 aromatic carbocycles. The number of nitrogens with one attached hydrogen (secondary N) is 1. The van der Waals surface area contributed by atoms with Crippen molar-refractivity contribution in [2.75, 3.05) is 0 Å². The fourth-order valence-corrected chi connectivity index (χ4v) is 4.92. The van der Waals surface area contributed by atoms with Crippen molar-refractivity contribution in [1.29, 1.82) is 0 Å². The summed E-state index contributed by atoms with van der Waals surface area (Å²) in [6, 6.07) is 23.8. The Hall–Kier alpha value is -4.32. The van der Waals surface area contributed by atoms with E-state index in [4.69, 9.17) is 4.98 Å². The minimum absolute atomic E-state index is 0.0652. The summed E-state index contributed by atoms with van der Waals surface area (Å²) in [6.07, 6.45) is 8.31. The molecule has 1 atom stereocenters. The maximum atomic E-state index is 13.6. The van der Waals surface area contributed by atoms with Crippen LogP contribution in [0.2, 0.25) is 0 Å². The molecule has 0 aliphatic heterocycles. The number of para-hydroxylation sites is 1. The lowest BCUT2D eigenvalue weighted by Gasteiger charge is -2.24. The number of fused-ring (bicyclic) bond motifs is 2. The highest BCUT2D eigenvalue weighted by atomic mass is 16.1. The first-order valence-corrected chi connectivity index (χ1v) is 12.0. The van der Waals surface area contributed by atoms with Crippen molar-refractivity contribution < 1.29 is 4.79 Å². The van der Waals surface area contributed by atoms with Gasteiger partial charge in [-0.25, -0.2) is 4.98 Å². The zero-order valence-electron chi connectivity index (χ0n) is 19.3. The molecule has 0 saturated carbocycles. The maximum Gasteiger partial charge on any atom is 0.252 e. The second-order valence-corrected chi connectivity index (χ2v) is 8.92. The van der Waals surface area contributed by atoms with Gasteiger partial charge >= 0.3 is 0 Å². The van der Waals surface area contributed by atoms with Crippen LogP contribution < -0.4 is 5.32 Å². The van der Waals surface area contributed by atoms with Crippen molar-refractivity contribution in [3.63, 3.8) is 0 Å². The van der Waals surface area contributed by atoms with Crippen molar-refractivity contribution >= 4 is 16.8 Å². The average Bonchev–Trinajstić information content (AvgIpc) is 3.32. The van der Waals surface area contributed by atoms with Crippen LogP contribution in [0.4, 0.5) is 0 Å². The monoisotopic (exact) mass is 459 g/mol. The molecule has 1 aliphatic carbocycles. The standard InChI is InChI=1S/C29H25N5O/c35-29(23-16-27(21-10-7-15-30-17-21)32-25-12-5-4-11-22(23)25)33-26-13-6-14-28-24(26)18-31-34(28)19-20-8-2-1-3-9-20/h1-5,7-12,15-18,26H,6,13-14,19H2,(H,33,35). The highest BCUT2D eigenvalue weighted by Crippen LogP contribution is 2.31. The first kappa shape index (κ1) is 21.2. The van der Waals surface area contributed by atoms with Crippen LogP contribution in [0.3, 0.4) is 0 Å². The second-order valence-electron chi connectivity index (χ2n) is 8.92. The van der Waals surface area contributed by atoms with E-state index in [1.807, 2.05) is 66.9 Å². The van der Waals surface area contributed by atoms with Crippen LogP contribution >= 0.6 is 0 Å². The van der Waals surface area contributed by atoms with E-state index in [0.29, 0.717) is 5.56 Å². The molecule has 0 radical (unpaired) electrons. The molecule has 1 amide bonds. The van der Waals surface area contributed by atoms with Gasteiger partial charge in [0.2, 0.25) is 0 Å². The number of aromatic nitrogens is 4. The molecule has 3 heterocycles. The molecule has 1 unspecified atom stereocenters. The Labute approximate surface area is 203 Å². The molecule has 0 bridgehead atoms. The van der Waals surface area contributed by atoms with Crippen molar-refractivity contribution in [3.05, 3.63) is 114 Å². The van der Waals surface area contributed by atoms with E-state index in [9.17, 15) is 4.79 Å². The molecule has 3 aromatic heterocycles. The van der Waals surface area contributed by atoms with Gasteiger partial charge in [-0.15, -0.1) is 0 Å². The van der Waals surface area contributed by atoms with Crippen molar-refractivity contribution in [1.82, 2.24) is 25.1 Å². The quantitative estimate of drug-likeness (QED) is 0.385. The molecular formula is C29H25N5O. The van der Waals surface area contributed by atoms with Crippen LogP contribution in [0.1, 0.15) is 46.1 Å². The fourth-order valence-electron chi connectivity index (χ4n) is 4.92. The molecule has 1 N–H and O–H groups in total. The lowest BCUT2D eigenvalue weighted by Crippen LogP contribution is -2.31. The third-order valence-electron chi connectivity index (χ3n) is 6.66. The zero-order chi connectivity index (χ0) is 23.6. The Morgan fingerprint density at radius 2 is 1.86 bits per heavy atom. The van der Waals surface area contributed by atoms with Gasteiger partial charge in [-0.3, -0.25) is 14.5 Å². The molecule has 0 saturated heterocycles. The molecule has 1 aliphatic rings. The van der Waals surface area contributed by atoms with Gasteiger partial charge in [0.15, 0.2) is 0 Å². The van der Waals surface area contributed by atoms with Gasteiger partial charge in [0.1, 0.15) is 0 Å². The Balaban J connectivity index is 1.32. The molecule has 6 rings (SSSR count). The van der Waals surface area contributed by atoms with Crippen LogP contribution in [0.15, 0.2) is 91.4 Å². The summed E-state index contributed by atoms with van der Waals surface area (Å²) in [5.74, 6) is -0.0950. The van der Waals surface area contributed by atoms with Crippen LogP contribution in [0.5, 0.6) is 0 Å². The molecule has 6 nitrogen and oxygen atoms in total. The number of carbonyl (C=O) groups is 1. The predicted octanol–water partition coefficient (Wildman–Crippen LogP) is 5.35. The summed E-state index contributed by atoms with van der Waals surface area (Å²) in [6.45, 7) is 0.736. The third-order valence-corrected chi connectivity index (χ3v) is 6.66. The topological polar surface area (TPSA) is 72.7 Å². The average molecular weight is 460 g/mol. The molecule has 35 heavy (non-hydrogen) atoms. The molecular weight excluding hydrogens is 434 g/mol. The first-order chi connectivity index (χ1) is 17.3. The number of amides is 1. The van der Waals surface area contributed by atoms with Gasteiger partial charge in [-0.05, 0) is 49.1 Å². The highest BCUT2D eigenvalue weighted by Gasteiger charge is 2.27. The maximum absolute atomic E-state index is 13.6. The molecule has 6 heteroatoms. The number of rotatable bonds is 5. The number of benzene rings is 2. The van der Waals surface area contributed by atoms with E-state index >= 15 is 0 Å². The number of pyridine rings is 2. The van der Waals surface area contributed by atoms with E-state index in [1.165, 1.54) is 11.3 Å². The van der Waals surface area contributed by atoms with Gasteiger partial charge < -0.3 is 5.32 Å². The van der Waals surface area contributed by atoms with E-state index in [0.717, 1.165) is 53.5 Å². The van der Waals surface area contributed by atoms with Crippen molar-refractivity contribution in [2.24, 2.45) is 0 Å². The minimum atomic E-state index is -0.0950. The summed E-state index contributed by atoms with van der Waals surface area (Å²) >= 11 is 0. The molecule has 0 spiro atoms. The van der Waals surface area contributed by atoms with E-state index in [2.05, 4.69) is 32.2 Å². The summed E-state index contributed by atoms with van der Waals surface area (Å²) in [7, 11) is 0. The normalized spacial score (nSPS) is 15.0. The van der Waals surface area contributed by atoms with E-state index in [1.54, 1.807) is 12.4 Å². The second kappa shape index (κ2) is 9.14. The van der Waals surface area contributed by atoms with Gasteiger partial charge in [0, 0.05) is 34.6 Å². The van der Waals surface area contributed by atoms with Crippen LogP contribution in [0.25, 0.3) is 22.2 Å². The van der Waals surface area contributed by atoms with Gasteiger partial charge in [0.05, 0.1) is 35.6 Å². The lowest BCUT2D eigenvalue weighted by molar-refractivity contribution is 0.0934. The van der Waals surface area contributed by atoms with Crippen LogP contribution in [-0.4, -0.2) is 25.7 Å². The third kappa shape index (κ3) is 4.19.